The number of carboxylic acids is 1. The summed E-state index contributed by atoms with van der Waals surface area (Å²) in [6, 6.07) is 0. The molecule has 1 aliphatic heterocycles. The molecule has 6 nitrogen and oxygen atoms in total. The van der Waals surface area contributed by atoms with Gasteiger partial charge in [0.1, 0.15) is 5.60 Å². The number of carboxylic acid groups (broad SMARTS) is 1. The average molecular weight is 259 g/mol. The molecule has 1 fully saturated rings. The molecule has 1 atom stereocenters. The fourth-order valence-electron chi connectivity index (χ4n) is 2.02. The third-order valence-electron chi connectivity index (χ3n) is 2.69. The van der Waals surface area contributed by atoms with Crippen LogP contribution in [0.5, 0.6) is 0 Å². The van der Waals surface area contributed by atoms with Crippen molar-refractivity contribution in [3.63, 3.8) is 0 Å². The lowest BCUT2D eigenvalue weighted by atomic mass is 9.90. The minimum atomic E-state index is -1.35. The summed E-state index contributed by atoms with van der Waals surface area (Å²) < 4.78 is 5.20. The van der Waals surface area contributed by atoms with Crippen LogP contribution in [0.25, 0.3) is 0 Å². The summed E-state index contributed by atoms with van der Waals surface area (Å²) in [5.41, 5.74) is -1.94. The molecule has 0 aliphatic carbocycles. The van der Waals surface area contributed by atoms with Crippen molar-refractivity contribution in [3.8, 4) is 0 Å². The number of rotatable bonds is 2. The molecular weight excluding hydrogens is 238 g/mol. The maximum atomic E-state index is 11.8. The molecule has 1 amide bonds. The monoisotopic (exact) mass is 259 g/mol. The second kappa shape index (κ2) is 5.14. The molecule has 104 valence electrons. The minimum Gasteiger partial charge on any atom is -0.481 e. The first-order chi connectivity index (χ1) is 8.11. The Balaban J connectivity index is 2.63. The number of hydrogen-bond donors (Lipinski definition) is 2. The zero-order chi connectivity index (χ0) is 14.0. The smallest absolute Gasteiger partial charge is 0.410 e. The van der Waals surface area contributed by atoms with E-state index in [0.29, 0.717) is 19.4 Å². The molecular formula is C12H21NO5. The summed E-state index contributed by atoms with van der Waals surface area (Å²) >= 11 is 0. The first-order valence-corrected chi connectivity index (χ1v) is 6.03. The van der Waals surface area contributed by atoms with Crippen molar-refractivity contribution in [3.05, 3.63) is 0 Å². The van der Waals surface area contributed by atoms with E-state index in [1.165, 1.54) is 4.90 Å². The highest BCUT2D eigenvalue weighted by Crippen LogP contribution is 2.25. The molecule has 0 spiro atoms. The van der Waals surface area contributed by atoms with E-state index in [-0.39, 0.29) is 13.0 Å². The molecule has 2 N–H and O–H groups in total. The molecule has 1 heterocycles. The van der Waals surface area contributed by atoms with Crippen molar-refractivity contribution in [1.82, 2.24) is 4.90 Å². The third kappa shape index (κ3) is 4.52. The van der Waals surface area contributed by atoms with E-state index < -0.39 is 23.3 Å². The van der Waals surface area contributed by atoms with Crippen molar-refractivity contribution < 1.29 is 24.5 Å². The highest BCUT2D eigenvalue weighted by atomic mass is 16.6. The van der Waals surface area contributed by atoms with Crippen LogP contribution in [0.3, 0.4) is 0 Å². The second-order valence-corrected chi connectivity index (χ2v) is 5.80. The Morgan fingerprint density at radius 1 is 1.39 bits per heavy atom. The number of hydrogen-bond acceptors (Lipinski definition) is 4. The Morgan fingerprint density at radius 2 is 2.00 bits per heavy atom. The predicted molar refractivity (Wildman–Crippen MR) is 64.2 cm³/mol. The molecule has 1 aliphatic rings. The lowest BCUT2D eigenvalue weighted by Gasteiger charge is -2.38. The molecule has 0 aromatic heterocycles. The van der Waals surface area contributed by atoms with Gasteiger partial charge in [-0.25, -0.2) is 4.79 Å². The Morgan fingerprint density at radius 3 is 2.50 bits per heavy atom. The second-order valence-electron chi connectivity index (χ2n) is 5.80. The first-order valence-electron chi connectivity index (χ1n) is 6.03. The molecule has 1 rings (SSSR count). The van der Waals surface area contributed by atoms with Gasteiger partial charge < -0.3 is 19.8 Å². The number of likely N-dealkylation sites (tertiary alicyclic amines) is 1. The van der Waals surface area contributed by atoms with Gasteiger partial charge in [0.05, 0.1) is 18.6 Å². The van der Waals surface area contributed by atoms with Gasteiger partial charge in [-0.3, -0.25) is 4.79 Å². The van der Waals surface area contributed by atoms with E-state index in [9.17, 15) is 14.7 Å². The lowest BCUT2D eigenvalue weighted by Crippen LogP contribution is -2.52. The molecule has 6 heteroatoms. The summed E-state index contributed by atoms with van der Waals surface area (Å²) in [5, 5.41) is 18.9. The molecule has 0 aromatic carbocycles. The number of amides is 1. The van der Waals surface area contributed by atoms with Gasteiger partial charge in [-0.05, 0) is 33.6 Å². The molecule has 0 radical (unpaired) electrons. The van der Waals surface area contributed by atoms with Gasteiger partial charge in [0.15, 0.2) is 0 Å². The number of ether oxygens (including phenoxy) is 1. The number of carbonyl (C=O) groups is 2. The van der Waals surface area contributed by atoms with E-state index in [2.05, 4.69) is 0 Å². The van der Waals surface area contributed by atoms with Crippen LogP contribution in [0.2, 0.25) is 0 Å². The largest absolute Gasteiger partial charge is 0.481 e. The highest BCUT2D eigenvalue weighted by molar-refractivity contribution is 5.70. The van der Waals surface area contributed by atoms with Crippen LogP contribution in [-0.2, 0) is 9.53 Å². The maximum absolute atomic E-state index is 11.8. The number of aliphatic carboxylic acids is 1. The van der Waals surface area contributed by atoms with Crippen LogP contribution in [0.15, 0.2) is 0 Å². The minimum absolute atomic E-state index is 0.00815. The highest BCUT2D eigenvalue weighted by Gasteiger charge is 2.38. The summed E-state index contributed by atoms with van der Waals surface area (Å²) in [4.78, 5) is 23.9. The number of carbonyl (C=O) groups excluding carboxylic acids is 1. The zero-order valence-corrected chi connectivity index (χ0v) is 11.1. The van der Waals surface area contributed by atoms with E-state index in [0.717, 1.165) is 0 Å². The molecule has 0 bridgehead atoms. The van der Waals surface area contributed by atoms with Crippen LogP contribution >= 0.6 is 0 Å². The number of β-amino-alcohol motifs (C(OH)–C–C–N with tert-alkyl or cyclic N) is 1. The summed E-state index contributed by atoms with van der Waals surface area (Å²) in [5.74, 6) is -1.07. The van der Waals surface area contributed by atoms with Crippen LogP contribution in [0.1, 0.15) is 40.0 Å². The van der Waals surface area contributed by atoms with Crippen molar-refractivity contribution in [1.29, 1.82) is 0 Å². The quantitative estimate of drug-likeness (QED) is 0.778. The van der Waals surface area contributed by atoms with Crippen molar-refractivity contribution in [2.75, 3.05) is 13.1 Å². The Hall–Kier alpha value is -1.30. The summed E-state index contributed by atoms with van der Waals surface area (Å²) in [7, 11) is 0. The molecule has 18 heavy (non-hydrogen) atoms. The predicted octanol–water partition coefficient (Wildman–Crippen LogP) is 1.22. The van der Waals surface area contributed by atoms with E-state index in [4.69, 9.17) is 9.84 Å². The zero-order valence-electron chi connectivity index (χ0n) is 11.1. The van der Waals surface area contributed by atoms with Gasteiger partial charge in [0, 0.05) is 6.54 Å². The van der Waals surface area contributed by atoms with Gasteiger partial charge in [0.2, 0.25) is 0 Å². The lowest BCUT2D eigenvalue weighted by molar-refractivity contribution is -0.145. The average Bonchev–Trinajstić information content (AvgIpc) is 2.12. The van der Waals surface area contributed by atoms with Gasteiger partial charge in [0.25, 0.3) is 0 Å². The van der Waals surface area contributed by atoms with E-state index in [1.54, 1.807) is 20.8 Å². The van der Waals surface area contributed by atoms with Crippen LogP contribution in [0.4, 0.5) is 4.79 Å². The van der Waals surface area contributed by atoms with E-state index >= 15 is 0 Å². The Bertz CT molecular complexity index is 336. The van der Waals surface area contributed by atoms with Crippen molar-refractivity contribution >= 4 is 12.1 Å². The number of aliphatic hydroxyl groups is 1. The molecule has 0 aromatic rings. The number of nitrogens with zero attached hydrogens (tertiary/aromatic N) is 1. The van der Waals surface area contributed by atoms with Crippen molar-refractivity contribution in [2.24, 2.45) is 0 Å². The normalized spacial score (nSPS) is 24.8. The van der Waals surface area contributed by atoms with Crippen LogP contribution < -0.4 is 0 Å². The van der Waals surface area contributed by atoms with Crippen LogP contribution in [-0.4, -0.2) is 51.5 Å². The molecule has 1 saturated heterocycles. The summed E-state index contributed by atoms with van der Waals surface area (Å²) in [6.07, 6.45) is 0.0968. The van der Waals surface area contributed by atoms with Gasteiger partial charge in [-0.1, -0.05) is 0 Å². The Kier molecular flexibility index (Phi) is 4.21. The SMILES string of the molecule is CC(C)(C)OC(=O)N1CCC[C@](O)(CC(=O)O)C1. The van der Waals surface area contributed by atoms with Crippen LogP contribution in [0, 0.1) is 0 Å². The van der Waals surface area contributed by atoms with Gasteiger partial charge in [-0.2, -0.15) is 0 Å². The standard InChI is InChI=1S/C12H21NO5/c1-11(2,3)18-10(16)13-6-4-5-12(17,8-13)7-9(14)15/h17H,4-8H2,1-3H3,(H,14,15)/t12-/m0/s1. The fraction of sp³-hybridized carbons (Fsp3) is 0.833. The molecule has 0 unspecified atom stereocenters. The van der Waals surface area contributed by atoms with E-state index in [1.807, 2.05) is 0 Å². The number of piperidine rings is 1. The van der Waals surface area contributed by atoms with Gasteiger partial charge in [-0.15, -0.1) is 0 Å². The molecule has 0 saturated carbocycles. The Labute approximate surface area is 107 Å². The fourth-order valence-corrected chi connectivity index (χ4v) is 2.02. The first kappa shape index (κ1) is 14.8. The van der Waals surface area contributed by atoms with Crippen molar-refractivity contribution in [2.45, 2.75) is 51.2 Å². The topological polar surface area (TPSA) is 87.1 Å². The third-order valence-corrected chi connectivity index (χ3v) is 2.69. The van der Waals surface area contributed by atoms with Gasteiger partial charge >= 0.3 is 12.1 Å². The maximum Gasteiger partial charge on any atom is 0.410 e. The summed E-state index contributed by atoms with van der Waals surface area (Å²) in [6.45, 7) is 5.78.